The van der Waals surface area contributed by atoms with Crippen molar-refractivity contribution in [3.63, 3.8) is 0 Å². The van der Waals surface area contributed by atoms with Crippen LogP contribution in [-0.2, 0) is 14.8 Å². The Hall–Kier alpha value is -0.130. The molecule has 78 valence electrons. The Balaban J connectivity index is 2.68. The standard InChI is InChI=1S/C8H17NO3S/c1-3-9-13(10,11)8-4-5-12-6-7(8)2/h7-9H,3-6H2,1-2H3/t7-,8-/m0/s1. The van der Waals surface area contributed by atoms with E-state index in [0.717, 1.165) is 0 Å². The maximum Gasteiger partial charge on any atom is 0.214 e. The first kappa shape index (κ1) is 10.9. The van der Waals surface area contributed by atoms with Gasteiger partial charge in [-0.2, -0.15) is 0 Å². The second-order valence-electron chi connectivity index (χ2n) is 3.42. The zero-order valence-corrected chi connectivity index (χ0v) is 8.93. The molecule has 0 saturated carbocycles. The average molecular weight is 207 g/mol. The smallest absolute Gasteiger partial charge is 0.214 e. The van der Waals surface area contributed by atoms with Gasteiger partial charge < -0.3 is 4.74 Å². The van der Waals surface area contributed by atoms with E-state index in [9.17, 15) is 8.42 Å². The van der Waals surface area contributed by atoms with E-state index < -0.39 is 10.0 Å². The van der Waals surface area contributed by atoms with Gasteiger partial charge in [0.15, 0.2) is 0 Å². The molecule has 1 aliphatic heterocycles. The first-order valence-electron chi connectivity index (χ1n) is 4.64. The van der Waals surface area contributed by atoms with Crippen LogP contribution in [0.1, 0.15) is 20.3 Å². The van der Waals surface area contributed by atoms with E-state index >= 15 is 0 Å². The molecule has 1 aliphatic rings. The molecule has 1 heterocycles. The van der Waals surface area contributed by atoms with Gasteiger partial charge in [-0.15, -0.1) is 0 Å². The van der Waals surface area contributed by atoms with Crippen molar-refractivity contribution < 1.29 is 13.2 Å². The maximum atomic E-state index is 11.6. The second-order valence-corrected chi connectivity index (χ2v) is 5.41. The van der Waals surface area contributed by atoms with E-state index in [1.54, 1.807) is 6.92 Å². The zero-order valence-electron chi connectivity index (χ0n) is 8.12. The first-order chi connectivity index (χ1) is 6.08. The van der Waals surface area contributed by atoms with E-state index in [-0.39, 0.29) is 11.2 Å². The fraction of sp³-hybridized carbons (Fsp3) is 1.00. The molecule has 5 heteroatoms. The number of rotatable bonds is 3. The van der Waals surface area contributed by atoms with Gasteiger partial charge in [0.25, 0.3) is 0 Å². The predicted octanol–water partition coefficient (Wildman–Crippen LogP) is 0.351. The van der Waals surface area contributed by atoms with Gasteiger partial charge in [0.05, 0.1) is 11.9 Å². The van der Waals surface area contributed by atoms with E-state index in [0.29, 0.717) is 26.2 Å². The van der Waals surface area contributed by atoms with Gasteiger partial charge in [0, 0.05) is 13.2 Å². The lowest BCUT2D eigenvalue weighted by Gasteiger charge is -2.28. The van der Waals surface area contributed by atoms with Crippen LogP contribution in [0.25, 0.3) is 0 Å². The largest absolute Gasteiger partial charge is 0.381 e. The molecule has 0 aliphatic carbocycles. The maximum absolute atomic E-state index is 11.6. The lowest BCUT2D eigenvalue weighted by Crippen LogP contribution is -2.42. The first-order valence-corrected chi connectivity index (χ1v) is 6.18. The highest BCUT2D eigenvalue weighted by molar-refractivity contribution is 7.90. The molecule has 13 heavy (non-hydrogen) atoms. The molecule has 1 N–H and O–H groups in total. The number of hydrogen-bond donors (Lipinski definition) is 1. The second kappa shape index (κ2) is 4.39. The highest BCUT2D eigenvalue weighted by atomic mass is 32.2. The molecule has 0 spiro atoms. The molecule has 2 atom stereocenters. The molecule has 0 unspecified atom stereocenters. The van der Waals surface area contributed by atoms with Gasteiger partial charge in [-0.05, 0) is 12.3 Å². The lowest BCUT2D eigenvalue weighted by molar-refractivity contribution is 0.0635. The summed E-state index contributed by atoms with van der Waals surface area (Å²) in [6.07, 6.45) is 0.608. The van der Waals surface area contributed by atoms with Crippen molar-refractivity contribution in [1.82, 2.24) is 4.72 Å². The third-order valence-corrected chi connectivity index (χ3v) is 4.49. The van der Waals surface area contributed by atoms with Crippen molar-refractivity contribution in [2.45, 2.75) is 25.5 Å². The molecular formula is C8H17NO3S. The molecule has 0 radical (unpaired) electrons. The monoisotopic (exact) mass is 207 g/mol. The number of hydrogen-bond acceptors (Lipinski definition) is 3. The van der Waals surface area contributed by atoms with Crippen molar-refractivity contribution in [3.05, 3.63) is 0 Å². The Morgan fingerprint density at radius 1 is 1.54 bits per heavy atom. The SMILES string of the molecule is CCNS(=O)(=O)[C@H]1CCOC[C@@H]1C. The van der Waals surface area contributed by atoms with Crippen molar-refractivity contribution in [2.75, 3.05) is 19.8 Å². The van der Waals surface area contributed by atoms with Gasteiger partial charge in [-0.3, -0.25) is 0 Å². The van der Waals surface area contributed by atoms with Crippen LogP contribution in [0.4, 0.5) is 0 Å². The molecule has 1 saturated heterocycles. The number of nitrogens with one attached hydrogen (secondary N) is 1. The van der Waals surface area contributed by atoms with Gasteiger partial charge in [-0.1, -0.05) is 13.8 Å². The zero-order chi connectivity index (χ0) is 9.90. The van der Waals surface area contributed by atoms with Gasteiger partial charge in [0.2, 0.25) is 10.0 Å². The van der Waals surface area contributed by atoms with Gasteiger partial charge in [0.1, 0.15) is 0 Å². The van der Waals surface area contributed by atoms with Crippen molar-refractivity contribution in [1.29, 1.82) is 0 Å². The van der Waals surface area contributed by atoms with Crippen LogP contribution in [-0.4, -0.2) is 33.4 Å². The van der Waals surface area contributed by atoms with Crippen LogP contribution >= 0.6 is 0 Å². The lowest BCUT2D eigenvalue weighted by atomic mass is 10.0. The highest BCUT2D eigenvalue weighted by Crippen LogP contribution is 2.20. The van der Waals surface area contributed by atoms with E-state index in [1.807, 2.05) is 6.92 Å². The minimum Gasteiger partial charge on any atom is -0.381 e. The van der Waals surface area contributed by atoms with Crippen molar-refractivity contribution >= 4 is 10.0 Å². The fourth-order valence-electron chi connectivity index (χ4n) is 1.63. The van der Waals surface area contributed by atoms with Crippen molar-refractivity contribution in [2.24, 2.45) is 5.92 Å². The van der Waals surface area contributed by atoms with Crippen molar-refractivity contribution in [3.8, 4) is 0 Å². The normalized spacial score (nSPS) is 30.3. The van der Waals surface area contributed by atoms with Crippen LogP contribution in [0, 0.1) is 5.92 Å². The Morgan fingerprint density at radius 2 is 2.23 bits per heavy atom. The van der Waals surface area contributed by atoms with E-state index in [1.165, 1.54) is 0 Å². The summed E-state index contributed by atoms with van der Waals surface area (Å²) >= 11 is 0. The summed E-state index contributed by atoms with van der Waals surface area (Å²) in [5.74, 6) is 0.0952. The predicted molar refractivity (Wildman–Crippen MR) is 51.0 cm³/mol. The summed E-state index contributed by atoms with van der Waals surface area (Å²) in [5.41, 5.74) is 0. The Kier molecular flexibility index (Phi) is 3.70. The molecule has 0 amide bonds. The minimum absolute atomic E-state index is 0.0952. The van der Waals surface area contributed by atoms with Crippen LogP contribution in [0.3, 0.4) is 0 Å². The van der Waals surface area contributed by atoms with Gasteiger partial charge in [-0.25, -0.2) is 13.1 Å². The third-order valence-electron chi connectivity index (χ3n) is 2.31. The quantitative estimate of drug-likeness (QED) is 0.726. The summed E-state index contributed by atoms with van der Waals surface area (Å²) < 4.78 is 31.0. The molecule has 0 aromatic rings. The molecule has 4 nitrogen and oxygen atoms in total. The Bertz CT molecular complexity index is 250. The number of ether oxygens (including phenoxy) is 1. The summed E-state index contributed by atoms with van der Waals surface area (Å²) in [5, 5.41) is -0.277. The number of sulfonamides is 1. The highest BCUT2D eigenvalue weighted by Gasteiger charge is 2.32. The average Bonchev–Trinajstić information content (AvgIpc) is 2.04. The third kappa shape index (κ3) is 2.65. The Labute approximate surface area is 79.7 Å². The van der Waals surface area contributed by atoms with Gasteiger partial charge >= 0.3 is 0 Å². The summed E-state index contributed by atoms with van der Waals surface area (Å²) in [7, 11) is -3.11. The molecule has 0 aromatic heterocycles. The molecule has 0 bridgehead atoms. The van der Waals surface area contributed by atoms with E-state index in [2.05, 4.69) is 4.72 Å². The molecular weight excluding hydrogens is 190 g/mol. The van der Waals surface area contributed by atoms with Crippen LogP contribution in [0.2, 0.25) is 0 Å². The van der Waals surface area contributed by atoms with Crippen LogP contribution in [0.15, 0.2) is 0 Å². The fourth-order valence-corrected chi connectivity index (χ4v) is 3.34. The molecule has 1 rings (SSSR count). The van der Waals surface area contributed by atoms with Crippen LogP contribution < -0.4 is 4.72 Å². The van der Waals surface area contributed by atoms with E-state index in [4.69, 9.17) is 4.74 Å². The molecule has 1 fully saturated rings. The Morgan fingerprint density at radius 3 is 2.77 bits per heavy atom. The summed E-state index contributed by atoms with van der Waals surface area (Å²) in [6.45, 7) is 5.28. The minimum atomic E-state index is -3.11. The summed E-state index contributed by atoms with van der Waals surface area (Å²) in [6, 6.07) is 0. The van der Waals surface area contributed by atoms with Crippen LogP contribution in [0.5, 0.6) is 0 Å². The topological polar surface area (TPSA) is 55.4 Å². The molecule has 0 aromatic carbocycles. The summed E-state index contributed by atoms with van der Waals surface area (Å²) in [4.78, 5) is 0.